The minimum atomic E-state index is -0.0714. The fourth-order valence-corrected chi connectivity index (χ4v) is 5.07. The van der Waals surface area contributed by atoms with Gasteiger partial charge in [0.25, 0.3) is 5.91 Å². The number of nitrogens with one attached hydrogen (secondary N) is 1. The Morgan fingerprint density at radius 2 is 2.10 bits per heavy atom. The van der Waals surface area contributed by atoms with Crippen LogP contribution in [0.3, 0.4) is 0 Å². The second kappa shape index (κ2) is 10.3. The first-order valence-electron chi connectivity index (χ1n) is 9.96. The molecule has 1 aromatic carbocycles. The molecule has 0 spiro atoms. The van der Waals surface area contributed by atoms with Crippen LogP contribution >= 0.6 is 23.1 Å². The molecule has 2 aromatic heterocycles. The molecule has 0 saturated carbocycles. The first kappa shape index (κ1) is 21.1. The average molecular weight is 444 g/mol. The third-order valence-electron chi connectivity index (χ3n) is 5.02. The third kappa shape index (κ3) is 5.31. The maximum absolute atomic E-state index is 13.0. The molecule has 3 aromatic rings. The summed E-state index contributed by atoms with van der Waals surface area (Å²) in [6.45, 7) is 5.45. The smallest absolute Gasteiger partial charge is 0.252 e. The number of benzene rings is 1. The van der Waals surface area contributed by atoms with E-state index < -0.39 is 0 Å². The Bertz CT molecular complexity index is 952. The number of aromatic nitrogens is 1. The van der Waals surface area contributed by atoms with Crippen LogP contribution < -0.4 is 5.32 Å². The number of nitrogens with zero attached hydrogens (tertiary/aromatic N) is 2. The molecule has 3 heterocycles. The van der Waals surface area contributed by atoms with Crippen LogP contribution in [-0.2, 0) is 10.5 Å². The molecule has 0 radical (unpaired) electrons. The Balaban J connectivity index is 1.44. The highest BCUT2D eigenvalue weighted by Gasteiger charge is 2.26. The molecule has 8 heteroatoms. The molecule has 1 fully saturated rings. The van der Waals surface area contributed by atoms with Crippen molar-refractivity contribution >= 4 is 29.0 Å². The normalized spacial score (nSPS) is 15.8. The zero-order chi connectivity index (χ0) is 20.8. The summed E-state index contributed by atoms with van der Waals surface area (Å²) in [7, 11) is 0. The van der Waals surface area contributed by atoms with Gasteiger partial charge in [-0.15, -0.1) is 23.1 Å². The molecule has 1 N–H and O–H groups in total. The van der Waals surface area contributed by atoms with Gasteiger partial charge in [0.2, 0.25) is 0 Å². The first-order chi connectivity index (χ1) is 14.7. The molecule has 30 heavy (non-hydrogen) atoms. The number of carbonyl (C=O) groups excluding carboxylic acids is 1. The van der Waals surface area contributed by atoms with E-state index in [4.69, 9.17) is 9.15 Å². The Labute approximate surface area is 184 Å². The molecule has 0 bridgehead atoms. The van der Waals surface area contributed by atoms with Gasteiger partial charge in [-0.1, -0.05) is 12.1 Å². The number of thiazole rings is 1. The number of ether oxygens (including phenoxy) is 1. The van der Waals surface area contributed by atoms with Crippen LogP contribution in [-0.4, -0.2) is 48.6 Å². The number of amides is 1. The van der Waals surface area contributed by atoms with Gasteiger partial charge < -0.3 is 14.5 Å². The van der Waals surface area contributed by atoms with Crippen molar-refractivity contribution in [2.45, 2.75) is 23.6 Å². The summed E-state index contributed by atoms with van der Waals surface area (Å²) >= 11 is 3.22. The van der Waals surface area contributed by atoms with Crippen molar-refractivity contribution < 1.29 is 13.9 Å². The number of carbonyl (C=O) groups is 1. The van der Waals surface area contributed by atoms with Gasteiger partial charge in [0.1, 0.15) is 11.5 Å². The number of hydrogen-bond donors (Lipinski definition) is 1. The van der Waals surface area contributed by atoms with Gasteiger partial charge in [0.05, 0.1) is 36.0 Å². The van der Waals surface area contributed by atoms with Gasteiger partial charge >= 0.3 is 0 Å². The highest BCUT2D eigenvalue weighted by atomic mass is 32.2. The average Bonchev–Trinajstić information content (AvgIpc) is 3.45. The van der Waals surface area contributed by atoms with Crippen molar-refractivity contribution in [2.75, 3.05) is 32.8 Å². The van der Waals surface area contributed by atoms with E-state index in [0.717, 1.165) is 41.0 Å². The van der Waals surface area contributed by atoms with Crippen LogP contribution in [0.1, 0.15) is 33.6 Å². The van der Waals surface area contributed by atoms with Gasteiger partial charge in [-0.25, -0.2) is 4.98 Å². The van der Waals surface area contributed by atoms with Gasteiger partial charge in [0, 0.05) is 35.7 Å². The van der Waals surface area contributed by atoms with Crippen LogP contribution in [0.4, 0.5) is 0 Å². The minimum Gasteiger partial charge on any atom is -0.465 e. The summed E-state index contributed by atoms with van der Waals surface area (Å²) in [5.74, 6) is 2.42. The Morgan fingerprint density at radius 1 is 1.27 bits per heavy atom. The lowest BCUT2D eigenvalue weighted by Crippen LogP contribution is -2.43. The van der Waals surface area contributed by atoms with Gasteiger partial charge in [-0.05, 0) is 31.2 Å². The lowest BCUT2D eigenvalue weighted by molar-refractivity contribution is 0.0117. The van der Waals surface area contributed by atoms with Crippen molar-refractivity contribution in [3.8, 4) is 0 Å². The quantitative estimate of drug-likeness (QED) is 0.528. The number of furan rings is 1. The summed E-state index contributed by atoms with van der Waals surface area (Å²) in [6.07, 6.45) is 0. The van der Waals surface area contributed by atoms with Crippen LogP contribution in [0.15, 0.2) is 56.6 Å². The van der Waals surface area contributed by atoms with E-state index in [2.05, 4.69) is 15.2 Å². The maximum Gasteiger partial charge on any atom is 0.252 e. The molecule has 1 unspecified atom stereocenters. The molecule has 4 rings (SSSR count). The lowest BCUT2D eigenvalue weighted by atomic mass is 10.1. The van der Waals surface area contributed by atoms with Crippen molar-refractivity contribution in [2.24, 2.45) is 0 Å². The summed E-state index contributed by atoms with van der Waals surface area (Å²) in [4.78, 5) is 20.6. The monoisotopic (exact) mass is 443 g/mol. The van der Waals surface area contributed by atoms with Crippen LogP contribution in [0, 0.1) is 6.92 Å². The fraction of sp³-hybridized carbons (Fsp3) is 0.364. The summed E-state index contributed by atoms with van der Waals surface area (Å²) < 4.78 is 11.4. The van der Waals surface area contributed by atoms with E-state index in [0.29, 0.717) is 25.3 Å². The highest BCUT2D eigenvalue weighted by Crippen LogP contribution is 2.27. The van der Waals surface area contributed by atoms with Crippen LogP contribution in [0.5, 0.6) is 0 Å². The molecule has 1 atom stereocenters. The lowest BCUT2D eigenvalue weighted by Gasteiger charge is -2.33. The van der Waals surface area contributed by atoms with E-state index in [1.54, 1.807) is 23.1 Å². The largest absolute Gasteiger partial charge is 0.465 e. The van der Waals surface area contributed by atoms with Crippen LogP contribution in [0.25, 0.3) is 0 Å². The van der Waals surface area contributed by atoms with Gasteiger partial charge in [0.15, 0.2) is 0 Å². The fourth-order valence-electron chi connectivity index (χ4n) is 3.46. The Morgan fingerprint density at radius 3 is 2.83 bits per heavy atom. The zero-order valence-corrected chi connectivity index (χ0v) is 18.5. The van der Waals surface area contributed by atoms with E-state index in [-0.39, 0.29) is 11.9 Å². The molecular weight excluding hydrogens is 418 g/mol. The predicted molar refractivity (Wildman–Crippen MR) is 119 cm³/mol. The summed E-state index contributed by atoms with van der Waals surface area (Å²) in [6, 6.07) is 11.7. The maximum atomic E-state index is 13.0. The second-order valence-electron chi connectivity index (χ2n) is 7.09. The standard InChI is InChI=1S/C22H25N3O3S2/c1-16-6-7-20(28-16)19(25-8-10-27-11-9-25)12-23-22(26)18-4-2-3-5-21(18)30-14-17-13-29-15-24-17/h2-7,13,15,19H,8-12,14H2,1H3,(H,23,26). The van der Waals surface area contributed by atoms with Crippen molar-refractivity contribution in [1.82, 2.24) is 15.2 Å². The van der Waals surface area contributed by atoms with Crippen molar-refractivity contribution in [3.63, 3.8) is 0 Å². The first-order valence-corrected chi connectivity index (χ1v) is 11.9. The third-order valence-corrected chi connectivity index (χ3v) is 6.77. The predicted octanol–water partition coefficient (Wildman–Crippen LogP) is 4.14. The SMILES string of the molecule is Cc1ccc(C(CNC(=O)c2ccccc2SCc2cscn2)N2CCOCC2)o1. The molecule has 6 nitrogen and oxygen atoms in total. The van der Waals surface area contributed by atoms with E-state index in [1.165, 1.54) is 0 Å². The molecule has 1 saturated heterocycles. The molecular formula is C22H25N3O3S2. The number of aryl methyl sites for hydroxylation is 1. The van der Waals surface area contributed by atoms with E-state index in [1.807, 2.05) is 54.2 Å². The number of rotatable bonds is 8. The molecule has 1 amide bonds. The second-order valence-corrected chi connectivity index (χ2v) is 8.82. The number of hydrogen-bond acceptors (Lipinski definition) is 7. The molecule has 0 aliphatic carbocycles. The summed E-state index contributed by atoms with van der Waals surface area (Å²) in [5, 5.41) is 5.17. The van der Waals surface area contributed by atoms with Gasteiger partial charge in [-0.3, -0.25) is 9.69 Å². The van der Waals surface area contributed by atoms with Crippen molar-refractivity contribution in [1.29, 1.82) is 0 Å². The number of thioether (sulfide) groups is 1. The Hall–Kier alpha value is -2.13. The van der Waals surface area contributed by atoms with E-state index in [9.17, 15) is 4.79 Å². The summed E-state index contributed by atoms with van der Waals surface area (Å²) in [5.41, 5.74) is 3.55. The zero-order valence-electron chi connectivity index (χ0n) is 16.9. The van der Waals surface area contributed by atoms with Crippen LogP contribution in [0.2, 0.25) is 0 Å². The van der Waals surface area contributed by atoms with E-state index >= 15 is 0 Å². The highest BCUT2D eigenvalue weighted by molar-refractivity contribution is 7.98. The van der Waals surface area contributed by atoms with Crippen molar-refractivity contribution in [3.05, 3.63) is 70.1 Å². The number of morpholine rings is 1. The van der Waals surface area contributed by atoms with Gasteiger partial charge in [-0.2, -0.15) is 0 Å². The minimum absolute atomic E-state index is 0.0126. The Kier molecular flexibility index (Phi) is 7.22. The topological polar surface area (TPSA) is 67.6 Å². The molecule has 1 aliphatic rings. The molecule has 158 valence electrons. The molecule has 1 aliphatic heterocycles.